The quantitative estimate of drug-likeness (QED) is 0.0337. The maximum atomic E-state index is 6.24. The lowest BCUT2D eigenvalue weighted by atomic mass is 10.1. The Labute approximate surface area is 599 Å². The molecular weight excluding hydrogens is 1350 g/mol. The first-order valence-electron chi connectivity index (χ1n) is 31.9. The molecule has 5 atom stereocenters. The van der Waals surface area contributed by atoms with Gasteiger partial charge in [-0.3, -0.25) is 4.98 Å². The molecule has 15 aromatic rings. The van der Waals surface area contributed by atoms with Gasteiger partial charge in [-0.2, -0.15) is 38.3 Å². The largest absolute Gasteiger partial charge is 0.482 e. The van der Waals surface area contributed by atoms with Crippen LogP contribution in [0, 0.1) is 0 Å². The number of thiophene rings is 3. The molecule has 0 saturated heterocycles. The molecule has 15 rings (SSSR count). The molecule has 0 aliphatic carbocycles. The molecule has 0 saturated carbocycles. The highest BCUT2D eigenvalue weighted by molar-refractivity contribution is 7.59. The molecule has 99 heavy (non-hydrogen) atoms. The molecule has 0 bridgehead atoms. The first-order valence-corrected chi connectivity index (χ1v) is 34.6. The fourth-order valence-corrected chi connectivity index (χ4v) is 12.9. The smallest absolute Gasteiger partial charge is 0.175 e. The number of benzene rings is 5. The topological polar surface area (TPSA) is 267 Å². The maximum Gasteiger partial charge on any atom is 0.175 e. The Morgan fingerprint density at radius 1 is 0.404 bits per heavy atom. The van der Waals surface area contributed by atoms with Gasteiger partial charge >= 0.3 is 0 Å². The van der Waals surface area contributed by atoms with Gasteiger partial charge in [0.15, 0.2) is 51.4 Å². The first-order chi connectivity index (χ1) is 47.9. The van der Waals surface area contributed by atoms with E-state index in [4.69, 9.17) is 73.1 Å². The molecule has 0 unspecified atom stereocenters. The van der Waals surface area contributed by atoms with Gasteiger partial charge in [0.1, 0.15) is 41.4 Å². The summed E-state index contributed by atoms with van der Waals surface area (Å²) >= 11 is 5.07. The average Bonchev–Trinajstić information content (AvgIpc) is 1.14. The highest BCUT2D eigenvalue weighted by atomic mass is 32.1. The van der Waals surface area contributed by atoms with Crippen molar-refractivity contribution in [3.63, 3.8) is 0 Å². The van der Waals surface area contributed by atoms with Crippen LogP contribution in [-0.4, -0.2) is 49.7 Å². The van der Waals surface area contributed by atoms with Crippen LogP contribution in [0.5, 0.6) is 28.7 Å². The van der Waals surface area contributed by atoms with E-state index in [1.165, 1.54) is 15.3 Å². The van der Waals surface area contributed by atoms with Crippen molar-refractivity contribution < 1.29 is 50.2 Å². The van der Waals surface area contributed by atoms with Crippen molar-refractivity contribution in [1.29, 1.82) is 0 Å². The normalized spacial score (nSPS) is 12.4. The highest BCUT2D eigenvalue weighted by Gasteiger charge is 2.22. The minimum Gasteiger partial charge on any atom is -0.482 e. The van der Waals surface area contributed by atoms with Crippen molar-refractivity contribution in [3.05, 3.63) is 268 Å². The number of hydrogen-bond acceptors (Lipinski definition) is 21. The number of rotatable bonds is 26. The van der Waals surface area contributed by atoms with Crippen LogP contribution in [0.2, 0.25) is 0 Å². The Balaban J connectivity index is 0.000000144. The van der Waals surface area contributed by atoms with E-state index in [2.05, 4.69) is 61.1 Å². The Hall–Kier alpha value is -9.24. The Morgan fingerprint density at radius 2 is 0.859 bits per heavy atom. The van der Waals surface area contributed by atoms with Gasteiger partial charge in [-0.05, 0) is 158 Å². The zero-order valence-electron chi connectivity index (χ0n) is 54.5. The fourth-order valence-electron chi connectivity index (χ4n) is 10.6. The summed E-state index contributed by atoms with van der Waals surface area (Å²) in [6.07, 6.45) is 18.6. The number of nitrogens with zero attached hydrogens (tertiary/aromatic N) is 2. The number of hydrogen-bond donors (Lipinski definition) is 5. The molecule has 10 aromatic heterocycles. The number of ether oxygens (including phenoxy) is 5. The van der Waals surface area contributed by atoms with Crippen molar-refractivity contribution in [1.82, 2.24) is 15.3 Å². The number of nitrogens with one attached hydrogen (secondary N) is 1. The predicted molar refractivity (Wildman–Crippen MR) is 406 cm³/mol. The van der Waals surface area contributed by atoms with Crippen molar-refractivity contribution in [2.45, 2.75) is 62.6 Å². The summed E-state index contributed by atoms with van der Waals surface area (Å²) in [4.78, 5) is 11.1. The summed E-state index contributed by atoms with van der Waals surface area (Å²) in [6, 6.07) is 53.0. The summed E-state index contributed by atoms with van der Waals surface area (Å²) in [5.41, 5.74) is 29.5. The molecule has 0 amide bonds. The van der Waals surface area contributed by atoms with E-state index in [1.54, 1.807) is 90.2 Å². The third kappa shape index (κ3) is 20.0. The predicted octanol–water partition coefficient (Wildman–Crippen LogP) is 18.6. The first kappa shape index (κ1) is 74.0. The van der Waals surface area contributed by atoms with Crippen LogP contribution in [0.4, 0.5) is 0 Å². The summed E-state index contributed by atoms with van der Waals surface area (Å²) in [5, 5.41) is 15.6. The fraction of sp³-hybridized carbons (Fsp3) is 0.211. The number of fused-ring (bicyclic) bond motifs is 5. The lowest BCUT2D eigenvalue weighted by Gasteiger charge is -2.18. The van der Waals surface area contributed by atoms with Crippen molar-refractivity contribution in [3.8, 4) is 28.7 Å². The SMILES string of the molecule is CNCC[C@H](Oc1cccc2nccnc12)c1cccs1.NCC[C@H](Oc1cccc2ccoc12)c1ccco1.NCC[C@H](Oc1cccc2ccoc12)c1cccs1.NCC[C@H](Oc1cccc2ccoc12)c1ccoc1.NCC[C@H](Oc1cccc2ccoc12)c1ccsc1.S.S. The standard InChI is InChI=1S/C16H17N3OS.2C15H15NO3.2C15H15NO2S.2H2S/c1-17-8-7-13(15-6-3-11-21-15)20-14-5-2-4-12-16(14)19-10-9-18-12;16-8-6-13(12-5-2-9-17-12)19-14-4-1-3-11-7-10-18-15(11)14;16-7-4-13(12-5-8-17-10-12)19-14-3-1-2-11-6-9-18-15(11)14;16-8-6-12(14-5-2-10-19-14)18-13-4-1-3-11-7-9-17-15(11)13;16-7-4-13(12-6-9-19-10-12)18-14-3-1-2-11-5-8-17-15(11)14;;/h2-6,9-11,13,17H,7-8H2,1H3;1-5,7,9-10,13H,6,8,16H2;1-3,5-6,8-10,13H,4,7,16H2;1-5,7,9-10,12H,6,8,16H2;1-3,5-6,8-10,13H,4,7,16H2;2*1H2/t3*13-;12-;13-;;/m00000../s1. The van der Waals surface area contributed by atoms with E-state index in [-0.39, 0.29) is 57.5 Å². The monoisotopic (exact) mass is 1430 g/mol. The Morgan fingerprint density at radius 3 is 1.31 bits per heavy atom. The zero-order valence-corrected chi connectivity index (χ0v) is 58.9. The van der Waals surface area contributed by atoms with Gasteiger partial charge in [-0.1, -0.05) is 66.7 Å². The number of para-hydroxylation sites is 5. The van der Waals surface area contributed by atoms with Crippen LogP contribution in [0.3, 0.4) is 0 Å². The second-order valence-electron chi connectivity index (χ2n) is 22.0. The van der Waals surface area contributed by atoms with E-state index in [1.807, 2.05) is 147 Å². The molecule has 0 aliphatic heterocycles. The van der Waals surface area contributed by atoms with Crippen molar-refractivity contribution >= 4 is 116 Å². The number of nitrogens with two attached hydrogens (primary N) is 4. The lowest BCUT2D eigenvalue weighted by molar-refractivity contribution is 0.169. The molecule has 0 spiro atoms. The van der Waals surface area contributed by atoms with Gasteiger partial charge in [0, 0.05) is 86.9 Å². The second-order valence-corrected chi connectivity index (χ2v) is 24.7. The zero-order chi connectivity index (χ0) is 66.8. The van der Waals surface area contributed by atoms with Crippen molar-refractivity contribution in [2.24, 2.45) is 22.9 Å². The van der Waals surface area contributed by atoms with E-state index in [0.717, 1.165) is 121 Å². The molecule has 0 aliphatic rings. The highest BCUT2D eigenvalue weighted by Crippen LogP contribution is 2.38. The molecule has 5 aromatic carbocycles. The summed E-state index contributed by atoms with van der Waals surface area (Å²) in [6.45, 7) is 3.16. The minimum absolute atomic E-state index is 0. The molecular formula is C76H81N7O11S5. The molecule has 10 heterocycles. The maximum absolute atomic E-state index is 6.24. The second kappa shape index (κ2) is 38.8. The van der Waals surface area contributed by atoms with Gasteiger partial charge in [0.25, 0.3) is 0 Å². The molecule has 18 nitrogen and oxygen atoms in total. The van der Waals surface area contributed by atoms with Gasteiger partial charge in [0.2, 0.25) is 0 Å². The Kier molecular flexibility index (Phi) is 29.0. The van der Waals surface area contributed by atoms with Crippen LogP contribution in [0.1, 0.15) is 89.3 Å². The van der Waals surface area contributed by atoms with Crippen LogP contribution in [0.25, 0.3) is 54.9 Å². The van der Waals surface area contributed by atoms with E-state index < -0.39 is 0 Å². The van der Waals surface area contributed by atoms with Crippen LogP contribution in [-0.2, 0) is 0 Å². The average molecular weight is 1430 g/mol. The summed E-state index contributed by atoms with van der Waals surface area (Å²) in [5.74, 6) is 4.53. The molecule has 23 heteroatoms. The Bertz CT molecular complexity index is 4180. The molecule has 0 radical (unpaired) electrons. The summed E-state index contributed by atoms with van der Waals surface area (Å²) in [7, 11) is 1.95. The van der Waals surface area contributed by atoms with Gasteiger partial charge in [0.05, 0.1) is 49.4 Å². The van der Waals surface area contributed by atoms with Crippen LogP contribution in [0.15, 0.2) is 268 Å². The van der Waals surface area contributed by atoms with E-state index >= 15 is 0 Å². The van der Waals surface area contributed by atoms with E-state index in [0.29, 0.717) is 38.3 Å². The lowest BCUT2D eigenvalue weighted by Crippen LogP contribution is -2.15. The number of furan rings is 6. The van der Waals surface area contributed by atoms with Crippen LogP contribution < -0.4 is 51.9 Å². The minimum atomic E-state index is -0.198. The van der Waals surface area contributed by atoms with E-state index in [9.17, 15) is 0 Å². The number of aromatic nitrogens is 2. The van der Waals surface area contributed by atoms with Gasteiger partial charge < -0.3 is 78.4 Å². The van der Waals surface area contributed by atoms with Crippen LogP contribution >= 0.6 is 61.0 Å². The third-order valence-corrected chi connectivity index (χ3v) is 18.0. The van der Waals surface area contributed by atoms with Crippen molar-refractivity contribution in [2.75, 3.05) is 39.8 Å². The molecule has 9 N–H and O–H groups in total. The van der Waals surface area contributed by atoms with Gasteiger partial charge in [-0.25, -0.2) is 4.98 Å². The molecule has 0 fully saturated rings. The summed E-state index contributed by atoms with van der Waals surface area (Å²) < 4.78 is 62.9. The third-order valence-electron chi connectivity index (χ3n) is 15.4. The van der Waals surface area contributed by atoms with Gasteiger partial charge in [-0.15, -0.1) is 22.7 Å². The molecule has 516 valence electrons.